The molecule has 0 aliphatic heterocycles. The minimum Gasteiger partial charge on any atom is -0.310 e. The van der Waals surface area contributed by atoms with Crippen molar-refractivity contribution in [1.82, 2.24) is 20.1 Å². The maximum absolute atomic E-state index is 4.66. The highest BCUT2D eigenvalue weighted by atomic mass is 32.1. The van der Waals surface area contributed by atoms with Gasteiger partial charge in [0, 0.05) is 23.7 Å². The van der Waals surface area contributed by atoms with Crippen molar-refractivity contribution in [3.05, 3.63) is 53.1 Å². The van der Waals surface area contributed by atoms with E-state index in [-0.39, 0.29) is 0 Å². The molecule has 0 aliphatic rings. The highest BCUT2D eigenvalue weighted by Gasteiger charge is 2.07. The minimum absolute atomic E-state index is 0.839. The molecule has 0 fully saturated rings. The molecule has 0 aliphatic carbocycles. The molecule has 21 heavy (non-hydrogen) atoms. The summed E-state index contributed by atoms with van der Waals surface area (Å²) in [6.45, 7) is 4.03. The van der Waals surface area contributed by atoms with E-state index in [0.717, 1.165) is 41.5 Å². The zero-order valence-corrected chi connectivity index (χ0v) is 12.8. The molecule has 1 N–H and O–H groups in total. The van der Waals surface area contributed by atoms with Crippen LogP contribution in [0, 0.1) is 0 Å². The smallest absolute Gasteiger partial charge is 0.107 e. The van der Waals surface area contributed by atoms with Crippen molar-refractivity contribution in [2.24, 2.45) is 0 Å². The molecule has 0 atom stereocenters. The molecule has 0 radical (unpaired) electrons. The second-order valence-corrected chi connectivity index (χ2v) is 5.76. The zero-order chi connectivity index (χ0) is 14.5. The van der Waals surface area contributed by atoms with Crippen LogP contribution < -0.4 is 5.32 Å². The van der Waals surface area contributed by atoms with Crippen molar-refractivity contribution in [2.75, 3.05) is 6.54 Å². The van der Waals surface area contributed by atoms with Crippen molar-refractivity contribution in [3.8, 4) is 16.9 Å². The van der Waals surface area contributed by atoms with E-state index in [1.54, 1.807) is 11.3 Å². The number of aromatic nitrogens is 3. The lowest BCUT2D eigenvalue weighted by molar-refractivity contribution is 0.673. The summed E-state index contributed by atoms with van der Waals surface area (Å²) < 4.78 is 1.88. The van der Waals surface area contributed by atoms with Gasteiger partial charge in [0.1, 0.15) is 5.01 Å². The molecule has 5 heteroatoms. The molecule has 0 spiro atoms. The van der Waals surface area contributed by atoms with Crippen LogP contribution in [0.3, 0.4) is 0 Å². The minimum atomic E-state index is 0.839. The number of hydrogen-bond donors (Lipinski definition) is 1. The summed E-state index contributed by atoms with van der Waals surface area (Å²) in [6.07, 6.45) is 5.03. The molecule has 4 nitrogen and oxygen atoms in total. The van der Waals surface area contributed by atoms with E-state index in [1.807, 2.05) is 47.4 Å². The Balaban J connectivity index is 1.74. The van der Waals surface area contributed by atoms with Crippen LogP contribution in [0.4, 0.5) is 0 Å². The number of hydrogen-bond acceptors (Lipinski definition) is 4. The highest BCUT2D eigenvalue weighted by Crippen LogP contribution is 2.22. The topological polar surface area (TPSA) is 42.7 Å². The van der Waals surface area contributed by atoms with Crippen LogP contribution in [0.1, 0.15) is 18.4 Å². The Bertz CT molecular complexity index is 687. The van der Waals surface area contributed by atoms with Crippen molar-refractivity contribution in [3.63, 3.8) is 0 Å². The fraction of sp³-hybridized carbons (Fsp3) is 0.250. The maximum Gasteiger partial charge on any atom is 0.107 e. The normalized spacial score (nSPS) is 10.9. The first kappa shape index (κ1) is 14.0. The summed E-state index contributed by atoms with van der Waals surface area (Å²) in [7, 11) is 0. The van der Waals surface area contributed by atoms with Crippen molar-refractivity contribution in [1.29, 1.82) is 0 Å². The Morgan fingerprint density at radius 1 is 1.24 bits per heavy atom. The van der Waals surface area contributed by atoms with Crippen LogP contribution in [0.2, 0.25) is 0 Å². The molecule has 1 aromatic carbocycles. The predicted molar refractivity (Wildman–Crippen MR) is 86.7 cm³/mol. The number of rotatable bonds is 6. The van der Waals surface area contributed by atoms with Gasteiger partial charge in [-0.15, -0.1) is 11.3 Å². The quantitative estimate of drug-likeness (QED) is 0.708. The first-order valence-electron chi connectivity index (χ1n) is 7.12. The van der Waals surface area contributed by atoms with Gasteiger partial charge in [0.25, 0.3) is 0 Å². The largest absolute Gasteiger partial charge is 0.310 e. The van der Waals surface area contributed by atoms with Crippen LogP contribution in [-0.2, 0) is 6.54 Å². The number of benzene rings is 1. The number of thiazole rings is 1. The Morgan fingerprint density at radius 2 is 2.10 bits per heavy atom. The van der Waals surface area contributed by atoms with Crippen LogP contribution in [0.15, 0.2) is 48.1 Å². The van der Waals surface area contributed by atoms with Crippen LogP contribution in [-0.4, -0.2) is 21.3 Å². The summed E-state index contributed by atoms with van der Waals surface area (Å²) in [4.78, 5) is 4.66. The molecular weight excluding hydrogens is 280 g/mol. The molecule has 0 saturated heterocycles. The van der Waals surface area contributed by atoms with Crippen molar-refractivity contribution >= 4 is 11.3 Å². The maximum atomic E-state index is 4.66. The molecule has 0 bridgehead atoms. The Kier molecular flexibility index (Phi) is 4.43. The molecule has 2 heterocycles. The first-order valence-corrected chi connectivity index (χ1v) is 8.00. The van der Waals surface area contributed by atoms with Gasteiger partial charge in [-0.25, -0.2) is 9.67 Å². The standard InChI is InChI=1S/C16H18N4S/c1-2-8-17-10-16-19-15(12-21-16)13-9-18-20(11-13)14-6-4-3-5-7-14/h3-7,9,11-12,17H,2,8,10H2,1H3. The summed E-state index contributed by atoms with van der Waals surface area (Å²) in [5.41, 5.74) is 3.11. The first-order chi connectivity index (χ1) is 10.4. The van der Waals surface area contributed by atoms with E-state index in [2.05, 4.69) is 27.7 Å². The average molecular weight is 298 g/mol. The van der Waals surface area contributed by atoms with Gasteiger partial charge in [-0.05, 0) is 25.1 Å². The van der Waals surface area contributed by atoms with E-state index >= 15 is 0 Å². The molecular formula is C16H18N4S. The lowest BCUT2D eigenvalue weighted by Crippen LogP contribution is -2.13. The van der Waals surface area contributed by atoms with E-state index in [1.165, 1.54) is 0 Å². The fourth-order valence-corrected chi connectivity index (χ4v) is 2.85. The monoisotopic (exact) mass is 298 g/mol. The van der Waals surface area contributed by atoms with Gasteiger partial charge in [0.05, 0.1) is 17.6 Å². The number of nitrogens with one attached hydrogen (secondary N) is 1. The van der Waals surface area contributed by atoms with Gasteiger partial charge >= 0.3 is 0 Å². The molecule has 0 saturated carbocycles. The van der Waals surface area contributed by atoms with Gasteiger partial charge < -0.3 is 5.32 Å². The van der Waals surface area contributed by atoms with E-state index in [9.17, 15) is 0 Å². The highest BCUT2D eigenvalue weighted by molar-refractivity contribution is 7.09. The van der Waals surface area contributed by atoms with Crippen LogP contribution >= 0.6 is 11.3 Å². The van der Waals surface area contributed by atoms with Crippen LogP contribution in [0.5, 0.6) is 0 Å². The molecule has 0 unspecified atom stereocenters. The summed E-state index contributed by atoms with van der Waals surface area (Å²) in [5, 5.41) is 11.0. The second kappa shape index (κ2) is 6.65. The Labute approximate surface area is 128 Å². The van der Waals surface area contributed by atoms with Gasteiger partial charge in [0.15, 0.2) is 0 Å². The van der Waals surface area contributed by atoms with Gasteiger partial charge in [0.2, 0.25) is 0 Å². The third-order valence-corrected chi connectivity index (χ3v) is 4.00. The molecule has 108 valence electrons. The Hall–Kier alpha value is -1.98. The fourth-order valence-electron chi connectivity index (χ4n) is 2.07. The zero-order valence-electron chi connectivity index (χ0n) is 12.0. The SMILES string of the molecule is CCCNCc1nc(-c2cnn(-c3ccccc3)c2)cs1. The lowest BCUT2D eigenvalue weighted by Gasteiger charge is -1.99. The number of para-hydroxylation sites is 1. The molecule has 3 rings (SSSR count). The lowest BCUT2D eigenvalue weighted by atomic mass is 10.3. The number of nitrogens with zero attached hydrogens (tertiary/aromatic N) is 3. The predicted octanol–water partition coefficient (Wildman–Crippen LogP) is 3.50. The molecule has 3 aromatic rings. The summed E-state index contributed by atoms with van der Waals surface area (Å²) in [5.74, 6) is 0. The third-order valence-electron chi connectivity index (χ3n) is 3.15. The van der Waals surface area contributed by atoms with Crippen molar-refractivity contribution in [2.45, 2.75) is 19.9 Å². The van der Waals surface area contributed by atoms with Crippen LogP contribution in [0.25, 0.3) is 16.9 Å². The van der Waals surface area contributed by atoms with Crippen molar-refractivity contribution < 1.29 is 0 Å². The molecule has 0 amide bonds. The van der Waals surface area contributed by atoms with Gasteiger partial charge in [-0.2, -0.15) is 5.10 Å². The Morgan fingerprint density at radius 3 is 2.90 bits per heavy atom. The molecule has 2 aromatic heterocycles. The summed E-state index contributed by atoms with van der Waals surface area (Å²) >= 11 is 1.69. The second-order valence-electron chi connectivity index (χ2n) is 4.81. The van der Waals surface area contributed by atoms with Gasteiger partial charge in [-0.3, -0.25) is 0 Å². The van der Waals surface area contributed by atoms with E-state index in [0.29, 0.717) is 0 Å². The van der Waals surface area contributed by atoms with Gasteiger partial charge in [-0.1, -0.05) is 25.1 Å². The van der Waals surface area contributed by atoms with E-state index in [4.69, 9.17) is 0 Å². The summed E-state index contributed by atoms with van der Waals surface area (Å²) in [6, 6.07) is 10.1. The average Bonchev–Trinajstić information content (AvgIpc) is 3.17. The van der Waals surface area contributed by atoms with E-state index < -0.39 is 0 Å². The third kappa shape index (κ3) is 3.37.